The van der Waals surface area contributed by atoms with Gasteiger partial charge in [0.1, 0.15) is 0 Å². The molecule has 0 saturated heterocycles. The van der Waals surface area contributed by atoms with E-state index in [9.17, 15) is 9.90 Å². The van der Waals surface area contributed by atoms with E-state index in [4.69, 9.17) is 0 Å². The van der Waals surface area contributed by atoms with Crippen molar-refractivity contribution in [1.82, 2.24) is 5.32 Å². The Labute approximate surface area is 105 Å². The maximum absolute atomic E-state index is 11.7. The van der Waals surface area contributed by atoms with Crippen molar-refractivity contribution in [2.24, 2.45) is 17.8 Å². The highest BCUT2D eigenvalue weighted by atomic mass is 16.3. The first-order valence-corrected chi connectivity index (χ1v) is 6.98. The Morgan fingerprint density at radius 1 is 1.29 bits per heavy atom. The minimum atomic E-state index is -0.150. The fourth-order valence-electron chi connectivity index (χ4n) is 2.37. The minimum Gasteiger partial charge on any atom is -0.393 e. The molecule has 0 aromatic rings. The van der Waals surface area contributed by atoms with Crippen molar-refractivity contribution in [3.05, 3.63) is 0 Å². The van der Waals surface area contributed by atoms with Crippen molar-refractivity contribution in [3.63, 3.8) is 0 Å². The maximum Gasteiger partial charge on any atom is 0.223 e. The van der Waals surface area contributed by atoms with Crippen molar-refractivity contribution < 1.29 is 9.90 Å². The summed E-state index contributed by atoms with van der Waals surface area (Å²) in [6, 6.07) is 0. The van der Waals surface area contributed by atoms with E-state index in [2.05, 4.69) is 19.2 Å². The monoisotopic (exact) mass is 241 g/mol. The second kappa shape index (κ2) is 7.00. The van der Waals surface area contributed by atoms with E-state index >= 15 is 0 Å². The zero-order valence-electron chi connectivity index (χ0n) is 11.4. The van der Waals surface area contributed by atoms with Crippen LogP contribution in [0.3, 0.4) is 0 Å². The standard InChI is InChI=1S/C14H27NO2/c1-10(2)11(3)14(17)15-9-8-12-6-4-5-7-13(12)16/h10-13,16H,4-9H2,1-3H3,(H,15,17). The maximum atomic E-state index is 11.7. The molecule has 3 nitrogen and oxygen atoms in total. The van der Waals surface area contributed by atoms with Crippen molar-refractivity contribution >= 4 is 5.91 Å². The van der Waals surface area contributed by atoms with E-state index in [0.717, 1.165) is 25.7 Å². The lowest BCUT2D eigenvalue weighted by molar-refractivity contribution is -0.125. The molecule has 0 radical (unpaired) electrons. The molecule has 3 heteroatoms. The molecule has 1 saturated carbocycles. The van der Waals surface area contributed by atoms with E-state index in [1.165, 1.54) is 6.42 Å². The van der Waals surface area contributed by atoms with Crippen LogP contribution >= 0.6 is 0 Å². The van der Waals surface area contributed by atoms with Gasteiger partial charge in [-0.2, -0.15) is 0 Å². The number of aliphatic hydroxyl groups excluding tert-OH is 1. The van der Waals surface area contributed by atoms with Gasteiger partial charge in [0, 0.05) is 12.5 Å². The Kier molecular flexibility index (Phi) is 5.96. The summed E-state index contributed by atoms with van der Waals surface area (Å²) in [6.07, 6.45) is 5.17. The molecule has 0 heterocycles. The van der Waals surface area contributed by atoms with Crippen LogP contribution < -0.4 is 5.32 Å². The third kappa shape index (κ3) is 4.66. The summed E-state index contributed by atoms with van der Waals surface area (Å²) in [5.41, 5.74) is 0. The molecule has 0 spiro atoms. The highest BCUT2D eigenvalue weighted by Gasteiger charge is 2.23. The van der Waals surface area contributed by atoms with Crippen LogP contribution in [0.25, 0.3) is 0 Å². The Hall–Kier alpha value is -0.570. The lowest BCUT2D eigenvalue weighted by Gasteiger charge is -2.27. The molecule has 3 unspecified atom stereocenters. The number of aliphatic hydroxyl groups is 1. The first kappa shape index (κ1) is 14.5. The summed E-state index contributed by atoms with van der Waals surface area (Å²) >= 11 is 0. The number of rotatable bonds is 5. The predicted molar refractivity (Wildman–Crippen MR) is 69.6 cm³/mol. The highest BCUT2D eigenvalue weighted by Crippen LogP contribution is 2.26. The molecule has 0 bridgehead atoms. The second-order valence-electron chi connectivity index (χ2n) is 5.72. The highest BCUT2D eigenvalue weighted by molar-refractivity contribution is 5.78. The molecule has 17 heavy (non-hydrogen) atoms. The van der Waals surface area contributed by atoms with Gasteiger partial charge in [0.15, 0.2) is 0 Å². The number of carbonyl (C=O) groups excluding carboxylic acids is 1. The van der Waals surface area contributed by atoms with E-state index in [0.29, 0.717) is 18.4 Å². The van der Waals surface area contributed by atoms with Crippen LogP contribution in [0.1, 0.15) is 52.9 Å². The summed E-state index contributed by atoms with van der Waals surface area (Å²) in [4.78, 5) is 11.7. The van der Waals surface area contributed by atoms with Crippen molar-refractivity contribution in [2.45, 2.75) is 59.0 Å². The molecule has 1 amide bonds. The summed E-state index contributed by atoms with van der Waals surface area (Å²) < 4.78 is 0. The van der Waals surface area contributed by atoms with Crippen LogP contribution in [-0.2, 0) is 4.79 Å². The number of hydrogen-bond donors (Lipinski definition) is 2. The third-order valence-electron chi connectivity index (χ3n) is 4.10. The molecule has 1 aliphatic carbocycles. The Balaban J connectivity index is 2.20. The lowest BCUT2D eigenvalue weighted by atomic mass is 9.84. The van der Waals surface area contributed by atoms with Gasteiger partial charge in [-0.1, -0.05) is 33.6 Å². The van der Waals surface area contributed by atoms with Gasteiger partial charge in [-0.25, -0.2) is 0 Å². The molecule has 1 rings (SSSR count). The second-order valence-corrected chi connectivity index (χ2v) is 5.72. The molecule has 0 aromatic heterocycles. The van der Waals surface area contributed by atoms with Gasteiger partial charge in [-0.15, -0.1) is 0 Å². The number of amides is 1. The van der Waals surface area contributed by atoms with Gasteiger partial charge in [-0.3, -0.25) is 4.79 Å². The van der Waals surface area contributed by atoms with Gasteiger partial charge in [0.2, 0.25) is 5.91 Å². The Bertz CT molecular complexity index is 240. The van der Waals surface area contributed by atoms with E-state index < -0.39 is 0 Å². The van der Waals surface area contributed by atoms with Gasteiger partial charge < -0.3 is 10.4 Å². The number of carbonyl (C=O) groups is 1. The normalized spacial score (nSPS) is 26.9. The zero-order chi connectivity index (χ0) is 12.8. The largest absolute Gasteiger partial charge is 0.393 e. The molecule has 3 atom stereocenters. The zero-order valence-corrected chi connectivity index (χ0v) is 11.4. The van der Waals surface area contributed by atoms with Crippen molar-refractivity contribution in [3.8, 4) is 0 Å². The van der Waals surface area contributed by atoms with Crippen LogP contribution in [0, 0.1) is 17.8 Å². The lowest BCUT2D eigenvalue weighted by Crippen LogP contribution is -2.35. The molecule has 2 N–H and O–H groups in total. The van der Waals surface area contributed by atoms with E-state index in [1.54, 1.807) is 0 Å². The third-order valence-corrected chi connectivity index (χ3v) is 4.10. The molecule has 0 aromatic carbocycles. The van der Waals surface area contributed by atoms with Gasteiger partial charge in [0.25, 0.3) is 0 Å². The van der Waals surface area contributed by atoms with Crippen LogP contribution in [-0.4, -0.2) is 23.7 Å². The van der Waals surface area contributed by atoms with E-state index in [1.807, 2.05) is 6.92 Å². The van der Waals surface area contributed by atoms with Crippen molar-refractivity contribution in [1.29, 1.82) is 0 Å². The molecular formula is C14H27NO2. The number of nitrogens with one attached hydrogen (secondary N) is 1. The summed E-state index contributed by atoms with van der Waals surface area (Å²) in [5.74, 6) is 0.991. The topological polar surface area (TPSA) is 49.3 Å². The molecular weight excluding hydrogens is 214 g/mol. The van der Waals surface area contributed by atoms with Gasteiger partial charge >= 0.3 is 0 Å². The fraction of sp³-hybridized carbons (Fsp3) is 0.929. The summed E-state index contributed by atoms with van der Waals surface area (Å²) in [6.45, 7) is 6.80. The number of hydrogen-bond acceptors (Lipinski definition) is 2. The fourth-order valence-corrected chi connectivity index (χ4v) is 2.37. The first-order chi connectivity index (χ1) is 8.02. The molecule has 1 aliphatic rings. The average molecular weight is 241 g/mol. The average Bonchev–Trinajstić information content (AvgIpc) is 2.30. The van der Waals surface area contributed by atoms with Gasteiger partial charge in [-0.05, 0) is 31.1 Å². The minimum absolute atomic E-state index is 0.0753. The van der Waals surface area contributed by atoms with Crippen LogP contribution in [0.2, 0.25) is 0 Å². The molecule has 0 aliphatic heterocycles. The molecule has 1 fully saturated rings. The molecule has 100 valence electrons. The smallest absolute Gasteiger partial charge is 0.223 e. The van der Waals surface area contributed by atoms with Crippen LogP contribution in [0.4, 0.5) is 0 Å². The van der Waals surface area contributed by atoms with Crippen LogP contribution in [0.15, 0.2) is 0 Å². The quantitative estimate of drug-likeness (QED) is 0.776. The van der Waals surface area contributed by atoms with Crippen LogP contribution in [0.5, 0.6) is 0 Å². The summed E-state index contributed by atoms with van der Waals surface area (Å²) in [5, 5.41) is 12.8. The van der Waals surface area contributed by atoms with E-state index in [-0.39, 0.29) is 17.9 Å². The Morgan fingerprint density at radius 2 is 1.94 bits per heavy atom. The predicted octanol–water partition coefficient (Wildman–Crippen LogP) is 2.34. The summed E-state index contributed by atoms with van der Waals surface area (Å²) in [7, 11) is 0. The SMILES string of the molecule is CC(C)C(C)C(=O)NCCC1CCCCC1O. The first-order valence-electron chi connectivity index (χ1n) is 6.98. The van der Waals surface area contributed by atoms with Crippen molar-refractivity contribution in [2.75, 3.05) is 6.54 Å². The van der Waals surface area contributed by atoms with Gasteiger partial charge in [0.05, 0.1) is 6.10 Å². The Morgan fingerprint density at radius 3 is 2.53 bits per heavy atom.